The van der Waals surface area contributed by atoms with Gasteiger partial charge in [-0.1, -0.05) is 12.1 Å². The second-order valence-corrected chi connectivity index (χ2v) is 5.38. The Morgan fingerprint density at radius 1 is 1.26 bits per heavy atom. The van der Waals surface area contributed by atoms with Crippen molar-refractivity contribution in [3.05, 3.63) is 29.8 Å². The van der Waals surface area contributed by atoms with Crippen molar-refractivity contribution in [3.63, 3.8) is 0 Å². The van der Waals surface area contributed by atoms with Gasteiger partial charge in [-0.2, -0.15) is 5.26 Å². The van der Waals surface area contributed by atoms with E-state index in [1.54, 1.807) is 7.11 Å². The molecular weight excluding hydrogens is 238 g/mol. The average molecular weight is 261 g/mol. The van der Waals surface area contributed by atoms with Crippen LogP contribution < -0.4 is 4.74 Å². The van der Waals surface area contributed by atoms with Crippen LogP contribution in [0.15, 0.2) is 24.3 Å². The Hall–Kier alpha value is -1.53. The highest BCUT2D eigenvalue weighted by Gasteiger charge is 2.15. The van der Waals surface area contributed by atoms with Gasteiger partial charge >= 0.3 is 0 Å². The van der Waals surface area contributed by atoms with Crippen molar-refractivity contribution in [2.45, 2.75) is 39.7 Å². The van der Waals surface area contributed by atoms with Crippen LogP contribution in [0.5, 0.6) is 5.75 Å². The summed E-state index contributed by atoms with van der Waals surface area (Å²) in [6, 6.07) is 10.3. The Bertz CT molecular complexity index is 421. The van der Waals surface area contributed by atoms with Crippen LogP contribution in [0.3, 0.4) is 0 Å². The lowest BCUT2D eigenvalue weighted by Crippen LogP contribution is -2.08. The molecule has 0 aromatic heterocycles. The van der Waals surface area contributed by atoms with Crippen LogP contribution in [-0.4, -0.2) is 13.7 Å². The summed E-state index contributed by atoms with van der Waals surface area (Å²) in [5, 5.41) is 8.92. The fourth-order valence-corrected chi connectivity index (χ4v) is 1.81. The van der Waals surface area contributed by atoms with Crippen molar-refractivity contribution < 1.29 is 9.47 Å². The third-order valence-electron chi connectivity index (χ3n) is 2.98. The molecule has 0 radical (unpaired) electrons. The van der Waals surface area contributed by atoms with Crippen molar-refractivity contribution in [3.8, 4) is 11.8 Å². The number of unbranched alkanes of at least 4 members (excludes halogenated alkanes) is 1. The molecule has 19 heavy (non-hydrogen) atoms. The van der Waals surface area contributed by atoms with E-state index in [1.807, 2.05) is 38.1 Å². The van der Waals surface area contributed by atoms with Gasteiger partial charge in [0.2, 0.25) is 0 Å². The summed E-state index contributed by atoms with van der Waals surface area (Å²) in [5.41, 5.74) is 0.892. The molecule has 1 aromatic carbocycles. The molecule has 0 fully saturated rings. The Morgan fingerprint density at radius 3 is 2.74 bits per heavy atom. The molecule has 1 rings (SSSR count). The van der Waals surface area contributed by atoms with E-state index in [0.717, 1.165) is 30.6 Å². The molecule has 0 unspecified atom stereocenters. The first-order valence-electron chi connectivity index (χ1n) is 6.69. The number of nitrogens with zero attached hydrogens (tertiary/aromatic N) is 1. The quantitative estimate of drug-likeness (QED) is 0.666. The third-order valence-corrected chi connectivity index (χ3v) is 2.98. The number of nitriles is 1. The van der Waals surface area contributed by atoms with Crippen LogP contribution in [0.1, 0.15) is 38.7 Å². The largest absolute Gasteiger partial charge is 0.494 e. The minimum absolute atomic E-state index is 0.224. The van der Waals surface area contributed by atoms with E-state index in [2.05, 4.69) is 6.07 Å². The molecule has 3 heteroatoms. The van der Waals surface area contributed by atoms with E-state index < -0.39 is 0 Å². The molecule has 0 aliphatic rings. The van der Waals surface area contributed by atoms with Gasteiger partial charge in [0.15, 0.2) is 0 Å². The summed E-state index contributed by atoms with van der Waals surface area (Å²) in [4.78, 5) is 0. The van der Waals surface area contributed by atoms with Gasteiger partial charge in [0.1, 0.15) is 5.75 Å². The van der Waals surface area contributed by atoms with Crippen molar-refractivity contribution in [2.75, 3.05) is 13.7 Å². The van der Waals surface area contributed by atoms with E-state index in [4.69, 9.17) is 14.7 Å². The van der Waals surface area contributed by atoms with Crippen molar-refractivity contribution in [1.29, 1.82) is 5.26 Å². The van der Waals surface area contributed by atoms with Gasteiger partial charge in [0.25, 0.3) is 0 Å². The summed E-state index contributed by atoms with van der Waals surface area (Å²) < 4.78 is 10.8. The van der Waals surface area contributed by atoms with Gasteiger partial charge in [-0.05, 0) is 50.8 Å². The molecular formula is C16H23NO2. The molecule has 0 N–H and O–H groups in total. The van der Waals surface area contributed by atoms with Gasteiger partial charge < -0.3 is 9.47 Å². The normalized spacial score (nSPS) is 11.1. The number of hydrogen-bond donors (Lipinski definition) is 0. The molecule has 0 atom stereocenters. The van der Waals surface area contributed by atoms with Crippen molar-refractivity contribution in [2.24, 2.45) is 5.41 Å². The van der Waals surface area contributed by atoms with E-state index >= 15 is 0 Å². The van der Waals surface area contributed by atoms with Crippen LogP contribution in [0.25, 0.3) is 0 Å². The van der Waals surface area contributed by atoms with E-state index in [-0.39, 0.29) is 5.41 Å². The van der Waals surface area contributed by atoms with Gasteiger partial charge in [-0.25, -0.2) is 0 Å². The SMILES string of the molecule is COCc1cccc(OCCCCC(C)(C)C#N)c1. The molecule has 3 nitrogen and oxygen atoms in total. The highest BCUT2D eigenvalue weighted by molar-refractivity contribution is 5.28. The zero-order valence-corrected chi connectivity index (χ0v) is 12.1. The highest BCUT2D eigenvalue weighted by Crippen LogP contribution is 2.22. The molecule has 0 spiro atoms. The topological polar surface area (TPSA) is 42.2 Å². The fourth-order valence-electron chi connectivity index (χ4n) is 1.81. The second-order valence-electron chi connectivity index (χ2n) is 5.38. The van der Waals surface area contributed by atoms with E-state index in [1.165, 1.54) is 0 Å². The maximum atomic E-state index is 8.92. The standard InChI is InChI=1S/C16H23NO2/c1-16(2,13-17)9-4-5-10-19-15-8-6-7-14(11-15)12-18-3/h6-8,11H,4-5,9-10,12H2,1-3H3. The van der Waals surface area contributed by atoms with Crippen LogP contribution in [0.4, 0.5) is 0 Å². The number of rotatable bonds is 8. The molecule has 0 aliphatic carbocycles. The first-order valence-corrected chi connectivity index (χ1v) is 6.69. The number of ether oxygens (including phenoxy) is 2. The summed E-state index contributed by atoms with van der Waals surface area (Å²) in [6.45, 7) is 5.25. The zero-order chi connectivity index (χ0) is 14.1. The lowest BCUT2D eigenvalue weighted by molar-refractivity contribution is 0.184. The van der Waals surface area contributed by atoms with Crippen molar-refractivity contribution >= 4 is 0 Å². The van der Waals surface area contributed by atoms with Crippen LogP contribution in [0, 0.1) is 16.7 Å². The maximum Gasteiger partial charge on any atom is 0.119 e. The number of methoxy groups -OCH3 is 1. The third kappa shape index (κ3) is 6.26. The molecule has 104 valence electrons. The molecule has 0 aliphatic heterocycles. The first kappa shape index (κ1) is 15.5. The highest BCUT2D eigenvalue weighted by atomic mass is 16.5. The molecule has 0 amide bonds. The summed E-state index contributed by atoms with van der Waals surface area (Å²) in [6.07, 6.45) is 2.90. The summed E-state index contributed by atoms with van der Waals surface area (Å²) in [5.74, 6) is 0.883. The minimum atomic E-state index is -0.224. The lowest BCUT2D eigenvalue weighted by Gasteiger charge is -2.14. The predicted molar refractivity (Wildman–Crippen MR) is 75.9 cm³/mol. The van der Waals surface area contributed by atoms with Gasteiger partial charge in [-0.15, -0.1) is 0 Å². The van der Waals surface area contributed by atoms with Crippen LogP contribution in [0.2, 0.25) is 0 Å². The second kappa shape index (κ2) is 7.81. The molecule has 0 saturated carbocycles. The zero-order valence-electron chi connectivity index (χ0n) is 12.1. The van der Waals surface area contributed by atoms with Crippen molar-refractivity contribution in [1.82, 2.24) is 0 Å². The fraction of sp³-hybridized carbons (Fsp3) is 0.562. The first-order chi connectivity index (χ1) is 9.07. The Kier molecular flexibility index (Phi) is 6.38. The van der Waals surface area contributed by atoms with Crippen LogP contribution in [-0.2, 0) is 11.3 Å². The number of hydrogen-bond acceptors (Lipinski definition) is 3. The maximum absolute atomic E-state index is 8.92. The van der Waals surface area contributed by atoms with E-state index in [9.17, 15) is 0 Å². The minimum Gasteiger partial charge on any atom is -0.494 e. The van der Waals surface area contributed by atoms with Gasteiger partial charge in [0, 0.05) is 7.11 Å². The van der Waals surface area contributed by atoms with Gasteiger partial charge in [0.05, 0.1) is 24.7 Å². The number of benzene rings is 1. The average Bonchev–Trinajstić information content (AvgIpc) is 2.39. The molecule has 1 aromatic rings. The lowest BCUT2D eigenvalue weighted by atomic mass is 9.89. The molecule has 0 saturated heterocycles. The monoisotopic (exact) mass is 261 g/mol. The summed E-state index contributed by atoms with van der Waals surface area (Å²) >= 11 is 0. The predicted octanol–water partition coefficient (Wildman–Crippen LogP) is 3.93. The Morgan fingerprint density at radius 2 is 2.05 bits per heavy atom. The Balaban J connectivity index is 2.26. The van der Waals surface area contributed by atoms with Gasteiger partial charge in [-0.3, -0.25) is 0 Å². The smallest absolute Gasteiger partial charge is 0.119 e. The summed E-state index contributed by atoms with van der Waals surface area (Å²) in [7, 11) is 1.68. The van der Waals surface area contributed by atoms with E-state index in [0.29, 0.717) is 13.2 Å². The molecule has 0 heterocycles. The van der Waals surface area contributed by atoms with Crippen LogP contribution >= 0.6 is 0 Å². The Labute approximate surface area is 116 Å². The molecule has 0 bridgehead atoms.